The van der Waals surface area contributed by atoms with E-state index in [1.54, 1.807) is 18.2 Å². The van der Waals surface area contributed by atoms with E-state index in [0.717, 1.165) is 35.7 Å². The van der Waals surface area contributed by atoms with Gasteiger partial charge in [0.05, 0.1) is 24.7 Å². The van der Waals surface area contributed by atoms with Gasteiger partial charge in [0.15, 0.2) is 5.69 Å². The Kier molecular flexibility index (Phi) is 3.68. The van der Waals surface area contributed by atoms with Gasteiger partial charge in [0, 0.05) is 24.2 Å². The van der Waals surface area contributed by atoms with E-state index in [9.17, 15) is 0 Å². The molecule has 0 bridgehead atoms. The van der Waals surface area contributed by atoms with Gasteiger partial charge in [0.2, 0.25) is 5.89 Å². The molecule has 0 radical (unpaired) electrons. The summed E-state index contributed by atoms with van der Waals surface area (Å²) in [6, 6.07) is 17.1. The number of fused-ring (bicyclic) bond motifs is 1. The van der Waals surface area contributed by atoms with Crippen LogP contribution in [0.3, 0.4) is 0 Å². The number of aromatic nitrogens is 1. The minimum absolute atomic E-state index is 0.558. The number of nitriles is 1. The molecule has 1 aromatic heterocycles. The van der Waals surface area contributed by atoms with Gasteiger partial charge in [-0.15, -0.1) is 0 Å². The Morgan fingerprint density at radius 1 is 1.20 bits per heavy atom. The van der Waals surface area contributed by atoms with Crippen molar-refractivity contribution in [1.82, 2.24) is 4.98 Å². The van der Waals surface area contributed by atoms with Crippen LogP contribution in [0.25, 0.3) is 16.3 Å². The first-order chi connectivity index (χ1) is 12.3. The molecule has 2 heterocycles. The molecule has 5 heteroatoms. The van der Waals surface area contributed by atoms with Crippen LogP contribution in [0, 0.1) is 17.9 Å². The first-order valence-corrected chi connectivity index (χ1v) is 7.98. The van der Waals surface area contributed by atoms with Crippen molar-refractivity contribution in [3.05, 3.63) is 77.0 Å². The first kappa shape index (κ1) is 15.0. The normalized spacial score (nSPS) is 13.0. The largest absolute Gasteiger partial charge is 0.441 e. The number of benzene rings is 2. The number of oxazole rings is 1. The minimum atomic E-state index is 0.558. The number of nitrogens with zero attached hydrogens (tertiary/aromatic N) is 4. The molecule has 0 saturated carbocycles. The van der Waals surface area contributed by atoms with Gasteiger partial charge < -0.3 is 9.32 Å². The quantitative estimate of drug-likeness (QED) is 0.658. The monoisotopic (exact) mass is 326 g/mol. The minimum Gasteiger partial charge on any atom is -0.441 e. The van der Waals surface area contributed by atoms with Gasteiger partial charge in [0.25, 0.3) is 0 Å². The van der Waals surface area contributed by atoms with Crippen molar-refractivity contribution in [3.8, 4) is 17.5 Å². The average Bonchev–Trinajstić information content (AvgIpc) is 3.11. The van der Waals surface area contributed by atoms with Crippen LogP contribution in [0.5, 0.6) is 0 Å². The fraction of sp³-hybridized carbons (Fsp3) is 0.150. The van der Waals surface area contributed by atoms with Gasteiger partial charge in [0.1, 0.15) is 11.5 Å². The van der Waals surface area contributed by atoms with Crippen molar-refractivity contribution in [2.75, 3.05) is 11.4 Å². The lowest BCUT2D eigenvalue weighted by Crippen LogP contribution is -2.30. The summed E-state index contributed by atoms with van der Waals surface area (Å²) in [7, 11) is 0. The van der Waals surface area contributed by atoms with E-state index in [1.165, 1.54) is 0 Å². The van der Waals surface area contributed by atoms with Gasteiger partial charge in [-0.3, -0.25) is 0 Å². The fourth-order valence-corrected chi connectivity index (χ4v) is 3.02. The smallest absolute Gasteiger partial charge is 0.225 e. The molecule has 1 aliphatic heterocycles. The van der Waals surface area contributed by atoms with Crippen LogP contribution < -0.4 is 4.90 Å². The first-order valence-electron chi connectivity index (χ1n) is 7.98. The molecular weight excluding hydrogens is 312 g/mol. The van der Waals surface area contributed by atoms with E-state index in [1.807, 2.05) is 30.3 Å². The van der Waals surface area contributed by atoms with Crippen LogP contribution >= 0.6 is 0 Å². The van der Waals surface area contributed by atoms with Gasteiger partial charge in [-0.25, -0.2) is 9.83 Å². The second-order valence-electron chi connectivity index (χ2n) is 5.88. The van der Waals surface area contributed by atoms with Crippen LogP contribution in [-0.2, 0) is 13.0 Å². The Bertz CT molecular complexity index is 1020. The number of rotatable bonds is 2. The number of anilines is 1. The summed E-state index contributed by atoms with van der Waals surface area (Å²) < 4.78 is 5.93. The summed E-state index contributed by atoms with van der Waals surface area (Å²) in [4.78, 5) is 10.3. The molecule has 4 rings (SSSR count). The second kappa shape index (κ2) is 6.14. The van der Waals surface area contributed by atoms with Crippen LogP contribution in [0.1, 0.15) is 17.0 Å². The van der Waals surface area contributed by atoms with E-state index in [0.29, 0.717) is 23.7 Å². The van der Waals surface area contributed by atoms with Gasteiger partial charge in [-0.2, -0.15) is 5.26 Å². The highest BCUT2D eigenvalue weighted by Crippen LogP contribution is 2.30. The molecular formula is C20H14N4O. The SMILES string of the molecule is [C-]#[N+]c1cccc(-c2nc3c(o2)CCN(c2cccc(C#N)c2)C3)c1. The third-order valence-corrected chi connectivity index (χ3v) is 4.29. The summed E-state index contributed by atoms with van der Waals surface area (Å²) in [6.45, 7) is 8.60. The Morgan fingerprint density at radius 3 is 2.92 bits per heavy atom. The highest BCUT2D eigenvalue weighted by atomic mass is 16.4. The summed E-state index contributed by atoms with van der Waals surface area (Å²) in [6.07, 6.45) is 0.766. The Hall–Kier alpha value is -3.57. The van der Waals surface area contributed by atoms with Crippen LogP contribution in [-0.4, -0.2) is 11.5 Å². The molecule has 0 saturated heterocycles. The van der Waals surface area contributed by atoms with E-state index in [-0.39, 0.29) is 0 Å². The molecule has 3 aromatic rings. The predicted molar refractivity (Wildman–Crippen MR) is 94.1 cm³/mol. The summed E-state index contributed by atoms with van der Waals surface area (Å²) in [5.41, 5.74) is 3.98. The molecule has 0 N–H and O–H groups in total. The maximum absolute atomic E-state index is 9.07. The number of hydrogen-bond acceptors (Lipinski definition) is 4. The van der Waals surface area contributed by atoms with Crippen LogP contribution in [0.15, 0.2) is 52.9 Å². The van der Waals surface area contributed by atoms with Gasteiger partial charge in [-0.05, 0) is 24.3 Å². The zero-order valence-electron chi connectivity index (χ0n) is 13.4. The molecule has 0 spiro atoms. The zero-order chi connectivity index (χ0) is 17.2. The lowest BCUT2D eigenvalue weighted by Gasteiger charge is -2.27. The molecule has 0 fully saturated rings. The van der Waals surface area contributed by atoms with E-state index in [2.05, 4.69) is 20.8 Å². The zero-order valence-corrected chi connectivity index (χ0v) is 13.4. The second-order valence-corrected chi connectivity index (χ2v) is 5.88. The third kappa shape index (κ3) is 2.84. The highest BCUT2D eigenvalue weighted by Gasteiger charge is 2.23. The third-order valence-electron chi connectivity index (χ3n) is 4.29. The van der Waals surface area contributed by atoms with Crippen molar-refractivity contribution >= 4 is 11.4 Å². The molecule has 0 amide bonds. The van der Waals surface area contributed by atoms with Crippen molar-refractivity contribution in [3.63, 3.8) is 0 Å². The van der Waals surface area contributed by atoms with E-state index < -0.39 is 0 Å². The molecule has 2 aromatic carbocycles. The summed E-state index contributed by atoms with van der Waals surface area (Å²) in [5.74, 6) is 1.46. The van der Waals surface area contributed by atoms with Crippen molar-refractivity contribution in [2.45, 2.75) is 13.0 Å². The lowest BCUT2D eigenvalue weighted by atomic mass is 10.1. The van der Waals surface area contributed by atoms with Crippen LogP contribution in [0.2, 0.25) is 0 Å². The molecule has 5 nitrogen and oxygen atoms in total. The Morgan fingerprint density at radius 2 is 2.08 bits per heavy atom. The Balaban J connectivity index is 1.63. The lowest BCUT2D eigenvalue weighted by molar-refractivity contribution is 0.499. The molecule has 25 heavy (non-hydrogen) atoms. The van der Waals surface area contributed by atoms with E-state index >= 15 is 0 Å². The molecule has 0 unspecified atom stereocenters. The number of hydrogen-bond donors (Lipinski definition) is 0. The molecule has 120 valence electrons. The summed E-state index contributed by atoms with van der Waals surface area (Å²) >= 11 is 0. The topological polar surface area (TPSA) is 57.4 Å². The van der Waals surface area contributed by atoms with Gasteiger partial charge >= 0.3 is 0 Å². The maximum atomic E-state index is 9.07. The molecule has 0 atom stereocenters. The highest BCUT2D eigenvalue weighted by molar-refractivity contribution is 5.62. The molecule has 0 aliphatic carbocycles. The van der Waals surface area contributed by atoms with Crippen LogP contribution in [0.4, 0.5) is 11.4 Å². The fourth-order valence-electron chi connectivity index (χ4n) is 3.02. The maximum Gasteiger partial charge on any atom is 0.225 e. The molecule has 1 aliphatic rings. The van der Waals surface area contributed by atoms with Crippen molar-refractivity contribution < 1.29 is 4.42 Å². The summed E-state index contributed by atoms with van der Waals surface area (Å²) in [5, 5.41) is 9.07. The standard InChI is InChI=1S/C20H14N4O/c1-22-16-6-3-5-15(11-16)20-23-18-13-24(9-8-19(18)25-20)17-7-2-4-14(10-17)12-21/h2-7,10-11H,8-9,13H2. The predicted octanol–water partition coefficient (Wildman–Crippen LogP) is 4.33. The van der Waals surface area contributed by atoms with Gasteiger partial charge in [-0.1, -0.05) is 24.3 Å². The van der Waals surface area contributed by atoms with Crippen molar-refractivity contribution in [1.29, 1.82) is 5.26 Å². The average molecular weight is 326 g/mol. The van der Waals surface area contributed by atoms with Crippen molar-refractivity contribution in [2.24, 2.45) is 0 Å². The Labute approximate surface area is 145 Å². The van der Waals surface area contributed by atoms with E-state index in [4.69, 9.17) is 16.3 Å².